The van der Waals surface area contributed by atoms with Crippen molar-refractivity contribution in [2.75, 3.05) is 32.1 Å². The second-order valence-electron chi connectivity index (χ2n) is 5.95. The molecular weight excluding hydrogens is 381 g/mol. The quantitative estimate of drug-likeness (QED) is 0.691. The van der Waals surface area contributed by atoms with Gasteiger partial charge >= 0.3 is 0 Å². The average Bonchev–Trinajstić information content (AvgIpc) is 3.18. The molecule has 0 spiro atoms. The van der Waals surface area contributed by atoms with E-state index in [1.54, 1.807) is 23.1 Å². The predicted molar refractivity (Wildman–Crippen MR) is 103 cm³/mol. The number of aromatic nitrogens is 1. The molecule has 0 saturated carbocycles. The Morgan fingerprint density at radius 2 is 2.08 bits per heavy atom. The number of nitrogens with one attached hydrogen (secondary N) is 1. The van der Waals surface area contributed by atoms with Crippen molar-refractivity contribution >= 4 is 55.5 Å². The topological polar surface area (TPSA) is 37.6 Å². The molecule has 3 rings (SSSR count). The van der Waals surface area contributed by atoms with Gasteiger partial charge in [0.25, 0.3) is 5.91 Å². The molecule has 132 valence electrons. The van der Waals surface area contributed by atoms with Crippen molar-refractivity contribution in [3.8, 4) is 0 Å². The van der Waals surface area contributed by atoms with Crippen LogP contribution in [0.5, 0.6) is 0 Å². The highest BCUT2D eigenvalue weighted by atomic mass is 35.5. The number of para-hydroxylation sites is 1. The van der Waals surface area contributed by atoms with E-state index in [0.29, 0.717) is 26.4 Å². The fourth-order valence-corrected chi connectivity index (χ4v) is 4.45. The van der Waals surface area contributed by atoms with E-state index in [1.807, 2.05) is 6.07 Å². The van der Waals surface area contributed by atoms with Gasteiger partial charge < -0.3 is 4.90 Å². The van der Waals surface area contributed by atoms with E-state index in [2.05, 4.69) is 19.1 Å². The molecule has 1 N–H and O–H groups in total. The number of hydrogen-bond donors (Lipinski definition) is 1. The Morgan fingerprint density at radius 1 is 1.28 bits per heavy atom. The number of quaternary nitrogens is 1. The van der Waals surface area contributed by atoms with Crippen molar-refractivity contribution in [2.45, 2.75) is 6.42 Å². The molecule has 0 unspecified atom stereocenters. The predicted octanol–water partition coefficient (Wildman–Crippen LogP) is 3.33. The van der Waals surface area contributed by atoms with Crippen LogP contribution in [0.15, 0.2) is 30.3 Å². The fourth-order valence-electron chi connectivity index (χ4n) is 2.46. The molecule has 0 aliphatic heterocycles. The lowest BCUT2D eigenvalue weighted by atomic mass is 10.3. The Labute approximate surface area is 158 Å². The van der Waals surface area contributed by atoms with E-state index in [4.69, 9.17) is 11.6 Å². The second-order valence-corrected chi connectivity index (χ2v) is 8.68. The highest BCUT2D eigenvalue weighted by molar-refractivity contribution is 7.22. The minimum absolute atomic E-state index is 0.148. The monoisotopic (exact) mass is 398 g/mol. The number of halogens is 2. The molecule has 25 heavy (non-hydrogen) atoms. The van der Waals surface area contributed by atoms with Crippen LogP contribution >= 0.6 is 34.3 Å². The number of thiazole rings is 1. The lowest BCUT2D eigenvalue weighted by molar-refractivity contribution is -0.858. The number of hydrogen-bond acceptors (Lipinski definition) is 4. The van der Waals surface area contributed by atoms with Crippen molar-refractivity contribution in [3.05, 3.63) is 45.4 Å². The summed E-state index contributed by atoms with van der Waals surface area (Å²) < 4.78 is 15.3. The van der Waals surface area contributed by atoms with Crippen LogP contribution in [0.2, 0.25) is 4.34 Å². The Balaban J connectivity index is 1.93. The maximum Gasteiger partial charge on any atom is 0.270 e. The number of anilines is 1. The number of benzene rings is 1. The summed E-state index contributed by atoms with van der Waals surface area (Å²) in [7, 11) is 4.14. The molecule has 0 fully saturated rings. The Morgan fingerprint density at radius 3 is 2.72 bits per heavy atom. The van der Waals surface area contributed by atoms with Gasteiger partial charge in [-0.2, -0.15) is 0 Å². The highest BCUT2D eigenvalue weighted by Gasteiger charge is 2.23. The first-order valence-corrected chi connectivity index (χ1v) is 9.88. The number of carbonyl (C=O) groups excluding carboxylic acids is 1. The smallest absolute Gasteiger partial charge is 0.270 e. The van der Waals surface area contributed by atoms with Crippen molar-refractivity contribution < 1.29 is 14.1 Å². The molecule has 2 heterocycles. The van der Waals surface area contributed by atoms with Crippen LogP contribution in [0.4, 0.5) is 9.52 Å². The molecule has 0 radical (unpaired) electrons. The summed E-state index contributed by atoms with van der Waals surface area (Å²) in [4.78, 5) is 20.8. The van der Waals surface area contributed by atoms with E-state index < -0.39 is 0 Å². The van der Waals surface area contributed by atoms with Gasteiger partial charge in [0.2, 0.25) is 0 Å². The number of nitrogens with zero attached hydrogens (tertiary/aromatic N) is 2. The molecule has 8 heteroatoms. The van der Waals surface area contributed by atoms with Crippen molar-refractivity contribution in [3.63, 3.8) is 0 Å². The number of rotatable bonds is 6. The van der Waals surface area contributed by atoms with Gasteiger partial charge in [0.05, 0.1) is 34.6 Å². The van der Waals surface area contributed by atoms with Crippen LogP contribution in [0.25, 0.3) is 10.2 Å². The molecule has 3 aromatic rings. The third-order valence-corrected chi connectivity index (χ3v) is 5.94. The number of thiophene rings is 1. The van der Waals surface area contributed by atoms with Gasteiger partial charge in [-0.05, 0) is 24.3 Å². The summed E-state index contributed by atoms with van der Waals surface area (Å²) in [6, 6.07) is 8.27. The molecule has 0 aliphatic rings. The minimum atomic E-state index is -0.371. The molecule has 1 amide bonds. The maximum atomic E-state index is 14.0. The third kappa shape index (κ3) is 4.17. The van der Waals surface area contributed by atoms with Crippen LogP contribution in [0, 0.1) is 5.82 Å². The average molecular weight is 399 g/mol. The second kappa shape index (κ2) is 7.78. The van der Waals surface area contributed by atoms with Crippen LogP contribution in [-0.4, -0.2) is 38.1 Å². The van der Waals surface area contributed by atoms with E-state index in [1.165, 1.54) is 33.6 Å². The van der Waals surface area contributed by atoms with Gasteiger partial charge in [-0.3, -0.25) is 9.69 Å². The normalized spacial score (nSPS) is 11.4. The molecule has 4 nitrogen and oxygen atoms in total. The number of amides is 1. The van der Waals surface area contributed by atoms with E-state index >= 15 is 0 Å². The lowest BCUT2D eigenvalue weighted by Gasteiger charge is -2.19. The lowest BCUT2D eigenvalue weighted by Crippen LogP contribution is -3.05. The number of carbonyl (C=O) groups is 1. The molecule has 0 bridgehead atoms. The fraction of sp³-hybridized carbons (Fsp3) is 0.294. The summed E-state index contributed by atoms with van der Waals surface area (Å²) in [5, 5.41) is 0.517. The van der Waals surface area contributed by atoms with Crippen molar-refractivity contribution in [2.24, 2.45) is 0 Å². The van der Waals surface area contributed by atoms with Crippen LogP contribution < -0.4 is 9.80 Å². The van der Waals surface area contributed by atoms with Gasteiger partial charge in [0, 0.05) is 13.0 Å². The van der Waals surface area contributed by atoms with E-state index in [9.17, 15) is 9.18 Å². The molecule has 2 aromatic heterocycles. The molecule has 0 aliphatic carbocycles. The Kier molecular flexibility index (Phi) is 5.68. The first-order chi connectivity index (χ1) is 12.0. The standard InChI is InChI=1S/C17H17ClFN3OS2/c1-21(2)9-4-10-22(16(23)13-7-8-14(18)24-13)17-20-15-11(19)5-3-6-12(15)25-17/h3,5-8H,4,9-10H2,1-2H3/p+1. The highest BCUT2D eigenvalue weighted by Crippen LogP contribution is 2.32. The van der Waals surface area contributed by atoms with E-state index in [-0.39, 0.29) is 11.7 Å². The summed E-state index contributed by atoms with van der Waals surface area (Å²) in [5.74, 6) is -0.519. The summed E-state index contributed by atoms with van der Waals surface area (Å²) in [6.07, 6.45) is 0.825. The SMILES string of the molecule is C[NH+](C)CCCN(C(=O)c1ccc(Cl)s1)c1nc2c(F)cccc2s1. The van der Waals surface area contributed by atoms with Gasteiger partial charge in [0.15, 0.2) is 5.13 Å². The minimum Gasteiger partial charge on any atom is -0.340 e. The molecule has 1 aromatic carbocycles. The maximum absolute atomic E-state index is 14.0. The third-order valence-electron chi connectivity index (χ3n) is 3.68. The zero-order valence-electron chi connectivity index (χ0n) is 13.9. The molecule has 0 atom stereocenters. The summed E-state index contributed by atoms with van der Waals surface area (Å²) >= 11 is 8.54. The number of fused-ring (bicyclic) bond motifs is 1. The zero-order valence-corrected chi connectivity index (χ0v) is 16.3. The first-order valence-electron chi connectivity index (χ1n) is 7.87. The van der Waals surface area contributed by atoms with Gasteiger partial charge in [-0.15, -0.1) is 11.3 Å². The van der Waals surface area contributed by atoms with Crippen LogP contribution in [-0.2, 0) is 0 Å². The largest absolute Gasteiger partial charge is 0.340 e. The van der Waals surface area contributed by atoms with E-state index in [0.717, 1.165) is 17.7 Å². The summed E-state index contributed by atoms with van der Waals surface area (Å²) in [6.45, 7) is 1.45. The van der Waals surface area contributed by atoms with Gasteiger partial charge in [-0.25, -0.2) is 9.37 Å². The zero-order chi connectivity index (χ0) is 18.0. The molecule has 0 saturated heterocycles. The molecular formula is C17H18ClFN3OS2+. The first kappa shape index (κ1) is 18.3. The summed E-state index contributed by atoms with van der Waals surface area (Å²) in [5.41, 5.74) is 0.308. The van der Waals surface area contributed by atoms with Gasteiger partial charge in [-0.1, -0.05) is 29.0 Å². The van der Waals surface area contributed by atoms with Crippen LogP contribution in [0.3, 0.4) is 0 Å². The van der Waals surface area contributed by atoms with Gasteiger partial charge in [0.1, 0.15) is 11.3 Å². The van der Waals surface area contributed by atoms with Crippen molar-refractivity contribution in [1.82, 2.24) is 4.98 Å². The van der Waals surface area contributed by atoms with Crippen LogP contribution in [0.1, 0.15) is 16.1 Å². The van der Waals surface area contributed by atoms with Crippen molar-refractivity contribution in [1.29, 1.82) is 0 Å². The Hall–Kier alpha value is -1.54. The Bertz CT molecular complexity index is 893.